The number of likely N-dealkylation sites (N-methyl/N-ethyl adjacent to an activating group) is 1. The van der Waals surface area contributed by atoms with E-state index in [1.165, 1.54) is 25.4 Å². The predicted octanol–water partition coefficient (Wildman–Crippen LogP) is 2.01. The first-order valence-corrected chi connectivity index (χ1v) is 9.97. The van der Waals surface area contributed by atoms with Crippen LogP contribution in [0, 0.1) is 0 Å². The van der Waals surface area contributed by atoms with Gasteiger partial charge in [0.15, 0.2) is 11.5 Å². The summed E-state index contributed by atoms with van der Waals surface area (Å²) < 4.78 is 42.5. The molecule has 9 heteroatoms. The number of amides is 1. The quantitative estimate of drug-likeness (QED) is 0.660. The minimum absolute atomic E-state index is 0.0238. The van der Waals surface area contributed by atoms with Crippen molar-refractivity contribution in [1.29, 1.82) is 0 Å². The molecule has 0 saturated heterocycles. The smallest absolute Gasteiger partial charge is 0.243 e. The molecule has 0 spiro atoms. The number of hydrogen-bond donors (Lipinski definition) is 1. The monoisotopic (exact) mass is 396 g/mol. The molecule has 1 amide bonds. The second-order valence-electron chi connectivity index (χ2n) is 5.59. The highest BCUT2D eigenvalue weighted by atomic mass is 32.2. The molecule has 2 rings (SSSR count). The largest absolute Gasteiger partial charge is 0.490 e. The van der Waals surface area contributed by atoms with Crippen LogP contribution in [-0.2, 0) is 21.4 Å². The number of rotatable bonds is 10. The SMILES string of the molecule is CCOc1ccc(S(=O)(=O)N(C)CC(=O)NCc2ccco2)cc1OCC. The molecule has 0 atom stereocenters. The maximum absolute atomic E-state index is 12.8. The lowest BCUT2D eigenvalue weighted by Crippen LogP contribution is -2.38. The standard InChI is InChI=1S/C18H24N2O6S/c1-4-24-16-9-8-15(11-17(16)25-5-2)27(22,23)20(3)13-18(21)19-12-14-7-6-10-26-14/h6-11H,4-5,12-13H2,1-3H3,(H,19,21). The van der Waals surface area contributed by atoms with E-state index in [0.717, 1.165) is 4.31 Å². The van der Waals surface area contributed by atoms with Gasteiger partial charge in [0.25, 0.3) is 0 Å². The zero-order chi connectivity index (χ0) is 19.9. The van der Waals surface area contributed by atoms with E-state index in [1.54, 1.807) is 25.1 Å². The Morgan fingerprint density at radius 3 is 2.48 bits per heavy atom. The van der Waals surface area contributed by atoms with Gasteiger partial charge in [0.2, 0.25) is 15.9 Å². The third-order valence-electron chi connectivity index (χ3n) is 3.63. The Bertz CT molecular complexity index is 849. The number of nitrogens with zero attached hydrogens (tertiary/aromatic N) is 1. The van der Waals surface area contributed by atoms with E-state index in [9.17, 15) is 13.2 Å². The number of hydrogen-bond acceptors (Lipinski definition) is 6. The molecule has 0 fully saturated rings. The van der Waals surface area contributed by atoms with Crippen molar-refractivity contribution in [3.05, 3.63) is 42.4 Å². The fourth-order valence-corrected chi connectivity index (χ4v) is 3.46. The Balaban J connectivity index is 2.09. The van der Waals surface area contributed by atoms with Gasteiger partial charge in [0, 0.05) is 13.1 Å². The second kappa shape index (κ2) is 9.43. The van der Waals surface area contributed by atoms with Crippen LogP contribution in [0.1, 0.15) is 19.6 Å². The average molecular weight is 396 g/mol. The Morgan fingerprint density at radius 2 is 1.85 bits per heavy atom. The molecular weight excluding hydrogens is 372 g/mol. The Kier molecular flexibility index (Phi) is 7.26. The topological polar surface area (TPSA) is 98.1 Å². The summed E-state index contributed by atoms with van der Waals surface area (Å²) in [6.07, 6.45) is 1.50. The van der Waals surface area contributed by atoms with Gasteiger partial charge in [0.1, 0.15) is 5.76 Å². The van der Waals surface area contributed by atoms with Gasteiger partial charge in [-0.2, -0.15) is 4.31 Å². The molecule has 1 aromatic carbocycles. The van der Waals surface area contributed by atoms with E-state index in [4.69, 9.17) is 13.9 Å². The van der Waals surface area contributed by atoms with Crippen molar-refractivity contribution in [2.75, 3.05) is 26.8 Å². The average Bonchev–Trinajstić information content (AvgIpc) is 3.15. The molecule has 2 aromatic rings. The minimum Gasteiger partial charge on any atom is -0.490 e. The van der Waals surface area contributed by atoms with Crippen LogP contribution in [0.2, 0.25) is 0 Å². The molecule has 0 aliphatic carbocycles. The highest BCUT2D eigenvalue weighted by Crippen LogP contribution is 2.31. The van der Waals surface area contributed by atoms with Crippen LogP contribution in [-0.4, -0.2) is 45.4 Å². The van der Waals surface area contributed by atoms with Crippen LogP contribution in [0.5, 0.6) is 11.5 Å². The summed E-state index contributed by atoms with van der Waals surface area (Å²) in [5.74, 6) is 0.961. The van der Waals surface area contributed by atoms with E-state index < -0.39 is 15.9 Å². The second-order valence-corrected chi connectivity index (χ2v) is 7.64. The van der Waals surface area contributed by atoms with Gasteiger partial charge in [-0.1, -0.05) is 0 Å². The van der Waals surface area contributed by atoms with Crippen molar-refractivity contribution in [1.82, 2.24) is 9.62 Å². The third kappa shape index (κ3) is 5.48. The summed E-state index contributed by atoms with van der Waals surface area (Å²) >= 11 is 0. The first-order chi connectivity index (χ1) is 12.9. The van der Waals surface area contributed by atoms with Gasteiger partial charge >= 0.3 is 0 Å². The first-order valence-electron chi connectivity index (χ1n) is 8.53. The minimum atomic E-state index is -3.87. The van der Waals surface area contributed by atoms with E-state index in [0.29, 0.717) is 30.5 Å². The Morgan fingerprint density at radius 1 is 1.15 bits per heavy atom. The first kappa shape index (κ1) is 20.8. The summed E-state index contributed by atoms with van der Waals surface area (Å²) in [6, 6.07) is 7.81. The summed E-state index contributed by atoms with van der Waals surface area (Å²) in [5, 5.41) is 2.61. The molecule has 0 aliphatic rings. The fourth-order valence-electron chi connectivity index (χ4n) is 2.31. The summed E-state index contributed by atoms with van der Waals surface area (Å²) in [6.45, 7) is 4.30. The van der Waals surface area contributed by atoms with Gasteiger partial charge < -0.3 is 19.2 Å². The Labute approximate surface area is 159 Å². The number of benzene rings is 1. The van der Waals surface area contributed by atoms with Crippen LogP contribution in [0.4, 0.5) is 0 Å². The summed E-state index contributed by atoms with van der Waals surface area (Å²) in [7, 11) is -2.52. The van der Waals surface area contributed by atoms with E-state index in [-0.39, 0.29) is 18.0 Å². The molecule has 0 aliphatic heterocycles. The van der Waals surface area contributed by atoms with Crippen molar-refractivity contribution in [3.63, 3.8) is 0 Å². The maximum atomic E-state index is 12.8. The van der Waals surface area contributed by atoms with E-state index in [2.05, 4.69) is 5.32 Å². The van der Waals surface area contributed by atoms with Gasteiger partial charge in [-0.25, -0.2) is 8.42 Å². The number of carbonyl (C=O) groups excluding carboxylic acids is 1. The molecule has 0 bridgehead atoms. The summed E-state index contributed by atoms with van der Waals surface area (Å²) in [4.78, 5) is 12.1. The highest BCUT2D eigenvalue weighted by molar-refractivity contribution is 7.89. The highest BCUT2D eigenvalue weighted by Gasteiger charge is 2.24. The Hall–Kier alpha value is -2.52. The predicted molar refractivity (Wildman–Crippen MR) is 99.2 cm³/mol. The number of sulfonamides is 1. The van der Waals surface area contributed by atoms with Crippen molar-refractivity contribution < 1.29 is 27.1 Å². The van der Waals surface area contributed by atoms with Crippen molar-refractivity contribution in [3.8, 4) is 11.5 Å². The number of furan rings is 1. The molecule has 0 radical (unpaired) electrons. The molecule has 27 heavy (non-hydrogen) atoms. The fraction of sp³-hybridized carbons (Fsp3) is 0.389. The van der Waals surface area contributed by atoms with Crippen LogP contribution < -0.4 is 14.8 Å². The zero-order valence-electron chi connectivity index (χ0n) is 15.6. The molecule has 0 unspecified atom stereocenters. The normalized spacial score (nSPS) is 11.4. The number of carbonyl (C=O) groups is 1. The molecule has 1 aromatic heterocycles. The van der Waals surface area contributed by atoms with Crippen molar-refractivity contribution >= 4 is 15.9 Å². The van der Waals surface area contributed by atoms with Gasteiger partial charge in [-0.05, 0) is 38.1 Å². The van der Waals surface area contributed by atoms with Crippen LogP contribution in [0.3, 0.4) is 0 Å². The molecule has 1 heterocycles. The van der Waals surface area contributed by atoms with E-state index >= 15 is 0 Å². The maximum Gasteiger partial charge on any atom is 0.243 e. The van der Waals surface area contributed by atoms with Crippen LogP contribution in [0.15, 0.2) is 45.9 Å². The van der Waals surface area contributed by atoms with Crippen LogP contribution in [0.25, 0.3) is 0 Å². The molecule has 1 N–H and O–H groups in total. The van der Waals surface area contributed by atoms with Crippen LogP contribution >= 0.6 is 0 Å². The lowest BCUT2D eigenvalue weighted by atomic mass is 10.3. The number of ether oxygens (including phenoxy) is 2. The van der Waals surface area contributed by atoms with Crippen molar-refractivity contribution in [2.45, 2.75) is 25.3 Å². The lowest BCUT2D eigenvalue weighted by molar-refractivity contribution is -0.121. The molecule has 0 saturated carbocycles. The van der Waals surface area contributed by atoms with Gasteiger partial charge in [-0.15, -0.1) is 0 Å². The molecule has 8 nitrogen and oxygen atoms in total. The van der Waals surface area contributed by atoms with Gasteiger partial charge in [0.05, 0.1) is 37.5 Å². The van der Waals surface area contributed by atoms with Crippen molar-refractivity contribution in [2.24, 2.45) is 0 Å². The number of nitrogens with one attached hydrogen (secondary N) is 1. The molecular formula is C18H24N2O6S. The molecule has 148 valence electrons. The third-order valence-corrected chi connectivity index (χ3v) is 5.43. The van der Waals surface area contributed by atoms with E-state index in [1.807, 2.05) is 6.92 Å². The van der Waals surface area contributed by atoms with Gasteiger partial charge in [-0.3, -0.25) is 4.79 Å². The zero-order valence-corrected chi connectivity index (χ0v) is 16.4. The lowest BCUT2D eigenvalue weighted by Gasteiger charge is -2.18. The summed E-state index contributed by atoms with van der Waals surface area (Å²) in [5.41, 5.74) is 0.